The molecule has 0 spiro atoms. The van der Waals surface area contributed by atoms with Crippen LogP contribution in [0.25, 0.3) is 0 Å². The average Bonchev–Trinajstić information content (AvgIpc) is 2.60. The van der Waals surface area contributed by atoms with E-state index in [9.17, 15) is 4.79 Å². The van der Waals surface area contributed by atoms with Crippen LogP contribution in [0.4, 0.5) is 5.69 Å². The lowest BCUT2D eigenvalue weighted by Crippen LogP contribution is -2.33. The van der Waals surface area contributed by atoms with E-state index in [1.807, 2.05) is 19.0 Å². The number of carbonyl (C=O) groups is 1. The molecule has 0 atom stereocenters. The fraction of sp³-hybridized carbons (Fsp3) is 0.533. The van der Waals surface area contributed by atoms with Gasteiger partial charge in [-0.15, -0.1) is 0 Å². The zero-order valence-electron chi connectivity index (χ0n) is 11.7. The van der Waals surface area contributed by atoms with Crippen LogP contribution in [0.1, 0.15) is 30.9 Å². The van der Waals surface area contributed by atoms with Gasteiger partial charge in [0.2, 0.25) is 5.91 Å². The maximum absolute atomic E-state index is 12.0. The maximum atomic E-state index is 12.0. The van der Waals surface area contributed by atoms with Crippen molar-refractivity contribution in [3.8, 4) is 0 Å². The van der Waals surface area contributed by atoms with Crippen molar-refractivity contribution in [3.63, 3.8) is 0 Å². The summed E-state index contributed by atoms with van der Waals surface area (Å²) in [5, 5.41) is 0. The third-order valence-electron chi connectivity index (χ3n) is 3.47. The van der Waals surface area contributed by atoms with E-state index in [1.54, 1.807) is 0 Å². The van der Waals surface area contributed by atoms with Gasteiger partial charge in [0.15, 0.2) is 0 Å². The Morgan fingerprint density at radius 2 is 2.06 bits per heavy atom. The summed E-state index contributed by atoms with van der Waals surface area (Å²) >= 11 is 0. The van der Waals surface area contributed by atoms with Crippen molar-refractivity contribution < 1.29 is 4.79 Å². The molecule has 3 nitrogen and oxygen atoms in total. The second-order valence-corrected chi connectivity index (χ2v) is 5.57. The van der Waals surface area contributed by atoms with E-state index in [4.69, 9.17) is 0 Å². The summed E-state index contributed by atoms with van der Waals surface area (Å²) in [5.74, 6) is 0.744. The van der Waals surface area contributed by atoms with Gasteiger partial charge in [-0.3, -0.25) is 4.79 Å². The highest BCUT2D eigenvalue weighted by Crippen LogP contribution is 2.31. The number of likely N-dealkylation sites (N-methyl/N-ethyl adjacent to an activating group) is 1. The quantitative estimate of drug-likeness (QED) is 0.813. The minimum Gasteiger partial charge on any atom is -0.311 e. The Balaban J connectivity index is 2.21. The fourth-order valence-electron chi connectivity index (χ4n) is 2.31. The zero-order chi connectivity index (χ0) is 13.3. The highest BCUT2D eigenvalue weighted by molar-refractivity contribution is 6.01. The predicted octanol–water partition coefficient (Wildman–Crippen LogP) is 2.26. The first-order chi connectivity index (χ1) is 8.49. The smallest absolute Gasteiger partial charge is 0.231 e. The summed E-state index contributed by atoms with van der Waals surface area (Å²) in [6.07, 6.45) is 0.559. The molecule has 0 bridgehead atoms. The monoisotopic (exact) mass is 246 g/mol. The molecule has 0 N–H and O–H groups in total. The summed E-state index contributed by atoms with van der Waals surface area (Å²) in [6.45, 7) is 6.04. The summed E-state index contributed by atoms with van der Waals surface area (Å²) in [7, 11) is 4.06. The highest BCUT2D eigenvalue weighted by atomic mass is 16.2. The molecule has 1 amide bonds. The van der Waals surface area contributed by atoms with Crippen LogP contribution in [0.5, 0.6) is 0 Å². The Bertz CT molecular complexity index is 452. The van der Waals surface area contributed by atoms with Crippen molar-refractivity contribution in [1.29, 1.82) is 0 Å². The number of hydrogen-bond acceptors (Lipinski definition) is 2. The number of rotatable bonds is 4. The van der Waals surface area contributed by atoms with Gasteiger partial charge in [-0.05, 0) is 37.2 Å². The molecule has 3 heteroatoms. The fourth-order valence-corrected chi connectivity index (χ4v) is 2.31. The topological polar surface area (TPSA) is 23.6 Å². The van der Waals surface area contributed by atoms with Crippen LogP contribution in [0.15, 0.2) is 18.2 Å². The van der Waals surface area contributed by atoms with Gasteiger partial charge in [0.1, 0.15) is 0 Å². The molecule has 0 fully saturated rings. The van der Waals surface area contributed by atoms with E-state index in [-0.39, 0.29) is 5.91 Å². The van der Waals surface area contributed by atoms with Crippen LogP contribution >= 0.6 is 0 Å². The van der Waals surface area contributed by atoms with Crippen LogP contribution in [0, 0.1) is 0 Å². The first-order valence-corrected chi connectivity index (χ1v) is 6.57. The van der Waals surface area contributed by atoms with Gasteiger partial charge in [-0.2, -0.15) is 0 Å². The van der Waals surface area contributed by atoms with Gasteiger partial charge in [0.05, 0.1) is 6.42 Å². The number of hydrogen-bond donors (Lipinski definition) is 0. The molecule has 0 aromatic heterocycles. The molecule has 1 aromatic rings. The molecule has 1 aliphatic heterocycles. The second-order valence-electron chi connectivity index (χ2n) is 5.57. The first kappa shape index (κ1) is 13.1. The lowest BCUT2D eigenvalue weighted by molar-refractivity contribution is -0.117. The lowest BCUT2D eigenvalue weighted by Gasteiger charge is -2.20. The van der Waals surface area contributed by atoms with Crippen molar-refractivity contribution in [2.24, 2.45) is 0 Å². The van der Waals surface area contributed by atoms with Crippen molar-refractivity contribution >= 4 is 11.6 Å². The van der Waals surface area contributed by atoms with Gasteiger partial charge in [0.25, 0.3) is 0 Å². The summed E-state index contributed by atoms with van der Waals surface area (Å²) in [5.41, 5.74) is 3.60. The van der Waals surface area contributed by atoms with Gasteiger partial charge in [-0.25, -0.2) is 0 Å². The third kappa shape index (κ3) is 2.56. The minimum absolute atomic E-state index is 0.229. The molecule has 98 valence electrons. The van der Waals surface area contributed by atoms with E-state index in [0.717, 1.165) is 18.8 Å². The molecule has 1 aromatic carbocycles. The van der Waals surface area contributed by atoms with Crippen molar-refractivity contribution in [1.82, 2.24) is 4.90 Å². The molecule has 18 heavy (non-hydrogen) atoms. The SMILES string of the molecule is CC(C)c1ccc2c(c1)CC(=O)N2CCN(C)C. The Kier molecular flexibility index (Phi) is 3.71. The Labute approximate surface area is 109 Å². The van der Waals surface area contributed by atoms with E-state index in [0.29, 0.717) is 12.3 Å². The van der Waals surface area contributed by atoms with Crippen LogP contribution < -0.4 is 4.90 Å². The normalized spacial score (nSPS) is 14.8. The van der Waals surface area contributed by atoms with Gasteiger partial charge < -0.3 is 9.80 Å². The van der Waals surface area contributed by atoms with Crippen molar-refractivity contribution in [2.45, 2.75) is 26.2 Å². The number of benzene rings is 1. The average molecular weight is 246 g/mol. The molecular weight excluding hydrogens is 224 g/mol. The predicted molar refractivity (Wildman–Crippen MR) is 75.1 cm³/mol. The Hall–Kier alpha value is -1.35. The summed E-state index contributed by atoms with van der Waals surface area (Å²) in [4.78, 5) is 16.1. The standard InChI is InChI=1S/C15H22N2O/c1-11(2)12-5-6-14-13(9-12)10-15(18)17(14)8-7-16(3)4/h5-6,9,11H,7-8,10H2,1-4H3. The third-order valence-corrected chi connectivity index (χ3v) is 3.47. The van der Waals surface area contributed by atoms with Crippen LogP contribution in [0.3, 0.4) is 0 Å². The number of nitrogens with zero attached hydrogens (tertiary/aromatic N) is 2. The molecule has 0 unspecified atom stereocenters. The largest absolute Gasteiger partial charge is 0.311 e. The number of carbonyl (C=O) groups excluding carboxylic acids is 1. The van der Waals surface area contributed by atoms with Gasteiger partial charge in [0, 0.05) is 18.8 Å². The summed E-state index contributed by atoms with van der Waals surface area (Å²) in [6, 6.07) is 6.43. The minimum atomic E-state index is 0.229. The lowest BCUT2D eigenvalue weighted by atomic mass is 10.00. The van der Waals surface area contributed by atoms with E-state index < -0.39 is 0 Å². The highest BCUT2D eigenvalue weighted by Gasteiger charge is 2.27. The number of amides is 1. The number of fused-ring (bicyclic) bond motifs is 1. The molecule has 1 heterocycles. The maximum Gasteiger partial charge on any atom is 0.231 e. The van der Waals surface area contributed by atoms with E-state index >= 15 is 0 Å². The molecule has 0 aliphatic carbocycles. The Morgan fingerprint density at radius 3 is 2.67 bits per heavy atom. The molecule has 0 saturated heterocycles. The Morgan fingerprint density at radius 1 is 1.33 bits per heavy atom. The number of anilines is 1. The van der Waals surface area contributed by atoms with E-state index in [1.165, 1.54) is 11.1 Å². The van der Waals surface area contributed by atoms with Crippen molar-refractivity contribution in [3.05, 3.63) is 29.3 Å². The van der Waals surface area contributed by atoms with Crippen LogP contribution in [-0.2, 0) is 11.2 Å². The molecule has 0 radical (unpaired) electrons. The summed E-state index contributed by atoms with van der Waals surface area (Å²) < 4.78 is 0. The molecule has 2 rings (SSSR count). The van der Waals surface area contributed by atoms with Crippen LogP contribution in [0.2, 0.25) is 0 Å². The molecular formula is C15H22N2O. The second kappa shape index (κ2) is 5.11. The van der Waals surface area contributed by atoms with Crippen molar-refractivity contribution in [2.75, 3.05) is 32.1 Å². The first-order valence-electron chi connectivity index (χ1n) is 6.57. The van der Waals surface area contributed by atoms with E-state index in [2.05, 4.69) is 36.9 Å². The van der Waals surface area contributed by atoms with Gasteiger partial charge >= 0.3 is 0 Å². The van der Waals surface area contributed by atoms with Crippen LogP contribution in [-0.4, -0.2) is 38.0 Å². The zero-order valence-corrected chi connectivity index (χ0v) is 11.7. The molecule has 0 saturated carbocycles. The van der Waals surface area contributed by atoms with Gasteiger partial charge in [-0.1, -0.05) is 26.0 Å². The molecule has 1 aliphatic rings.